The number of aryl methyl sites for hydroxylation is 1. The molecule has 1 aromatic heterocycles. The summed E-state index contributed by atoms with van der Waals surface area (Å²) >= 11 is 0. The van der Waals surface area contributed by atoms with E-state index in [1.807, 2.05) is 0 Å². The van der Waals surface area contributed by atoms with Gasteiger partial charge in [0.1, 0.15) is 13.2 Å². The first-order chi connectivity index (χ1) is 7.83. The van der Waals surface area contributed by atoms with Gasteiger partial charge in [-0.1, -0.05) is 0 Å². The van der Waals surface area contributed by atoms with Gasteiger partial charge >= 0.3 is 6.18 Å². The number of nitrogens with one attached hydrogen (secondary N) is 1. The second-order valence-corrected chi connectivity index (χ2v) is 3.25. The maximum Gasteiger partial charge on any atom is 0.411 e. The zero-order valence-electron chi connectivity index (χ0n) is 9.23. The van der Waals surface area contributed by atoms with Crippen molar-refractivity contribution in [2.75, 3.05) is 19.0 Å². The monoisotopic (exact) mass is 253 g/mol. The van der Waals surface area contributed by atoms with Crippen molar-refractivity contribution in [3.63, 3.8) is 0 Å². The summed E-state index contributed by atoms with van der Waals surface area (Å²) in [5.74, 6) is -0.701. The van der Waals surface area contributed by atoms with Crippen LogP contribution in [0.4, 0.5) is 23.4 Å². The highest BCUT2D eigenvalue weighted by atomic mass is 19.4. The average molecular weight is 253 g/mol. The highest BCUT2D eigenvalue weighted by Gasteiger charge is 2.27. The Hall–Kier alpha value is -1.44. The summed E-state index contributed by atoms with van der Waals surface area (Å²) in [5, 5.41) is 2.48. The minimum atomic E-state index is -4.40. The molecule has 0 aromatic carbocycles. The zero-order valence-corrected chi connectivity index (χ0v) is 9.23. The SMILES string of the molecule is CNc1nc(COCC(F)(F)F)nc(C)c1F. The minimum Gasteiger partial charge on any atom is -0.371 e. The van der Waals surface area contributed by atoms with Crippen molar-refractivity contribution in [2.45, 2.75) is 19.7 Å². The molecule has 1 N–H and O–H groups in total. The third-order valence-corrected chi connectivity index (χ3v) is 1.80. The number of halogens is 4. The third-order valence-electron chi connectivity index (χ3n) is 1.80. The topological polar surface area (TPSA) is 47.0 Å². The Morgan fingerprint density at radius 3 is 2.47 bits per heavy atom. The van der Waals surface area contributed by atoms with Crippen molar-refractivity contribution in [1.29, 1.82) is 0 Å². The minimum absolute atomic E-state index is 0.00231. The summed E-state index contributed by atoms with van der Waals surface area (Å²) in [5.41, 5.74) is 0.0509. The zero-order chi connectivity index (χ0) is 13.1. The molecule has 0 aliphatic carbocycles. The van der Waals surface area contributed by atoms with E-state index in [0.717, 1.165) is 0 Å². The Morgan fingerprint density at radius 2 is 1.94 bits per heavy atom. The summed E-state index contributed by atoms with van der Waals surface area (Å²) < 4.78 is 53.1. The van der Waals surface area contributed by atoms with E-state index in [4.69, 9.17) is 0 Å². The molecule has 0 unspecified atom stereocenters. The molecule has 0 aliphatic heterocycles. The average Bonchev–Trinajstić information content (AvgIpc) is 2.21. The van der Waals surface area contributed by atoms with E-state index >= 15 is 0 Å². The van der Waals surface area contributed by atoms with Crippen LogP contribution in [0.5, 0.6) is 0 Å². The van der Waals surface area contributed by atoms with E-state index in [-0.39, 0.29) is 17.3 Å². The summed E-state index contributed by atoms with van der Waals surface area (Å²) in [6.45, 7) is -0.415. The van der Waals surface area contributed by atoms with E-state index < -0.39 is 25.2 Å². The molecule has 0 amide bonds. The van der Waals surface area contributed by atoms with Crippen molar-refractivity contribution in [1.82, 2.24) is 9.97 Å². The van der Waals surface area contributed by atoms with Crippen molar-refractivity contribution in [3.05, 3.63) is 17.3 Å². The van der Waals surface area contributed by atoms with Gasteiger partial charge in [-0.25, -0.2) is 14.4 Å². The lowest BCUT2D eigenvalue weighted by molar-refractivity contribution is -0.177. The van der Waals surface area contributed by atoms with Crippen LogP contribution in [0, 0.1) is 12.7 Å². The molecular formula is C9H11F4N3O. The van der Waals surface area contributed by atoms with Gasteiger partial charge in [-0.05, 0) is 6.92 Å². The molecule has 0 aliphatic rings. The molecule has 0 atom stereocenters. The summed E-state index contributed by atoms with van der Waals surface area (Å²) in [4.78, 5) is 7.36. The number of hydrogen-bond donors (Lipinski definition) is 1. The van der Waals surface area contributed by atoms with Gasteiger partial charge in [0.25, 0.3) is 0 Å². The van der Waals surface area contributed by atoms with Crippen molar-refractivity contribution in [2.24, 2.45) is 0 Å². The van der Waals surface area contributed by atoms with Crippen LogP contribution in [0.3, 0.4) is 0 Å². The van der Waals surface area contributed by atoms with Gasteiger partial charge in [0.05, 0.1) is 5.69 Å². The van der Waals surface area contributed by atoms with Crippen LogP contribution in [-0.2, 0) is 11.3 Å². The number of rotatable bonds is 4. The van der Waals surface area contributed by atoms with Crippen LogP contribution in [-0.4, -0.2) is 29.8 Å². The highest BCUT2D eigenvalue weighted by molar-refractivity contribution is 5.37. The van der Waals surface area contributed by atoms with Crippen LogP contribution in [0.1, 0.15) is 11.5 Å². The molecule has 8 heteroatoms. The number of aromatic nitrogens is 2. The fourth-order valence-corrected chi connectivity index (χ4v) is 1.11. The summed E-state index contributed by atoms with van der Waals surface area (Å²) in [6, 6.07) is 0. The van der Waals surface area contributed by atoms with Crippen molar-refractivity contribution >= 4 is 5.82 Å². The summed E-state index contributed by atoms with van der Waals surface area (Å²) in [6.07, 6.45) is -4.40. The Morgan fingerprint density at radius 1 is 1.29 bits per heavy atom. The molecule has 4 nitrogen and oxygen atoms in total. The third kappa shape index (κ3) is 4.14. The van der Waals surface area contributed by atoms with E-state index in [9.17, 15) is 17.6 Å². The summed E-state index contributed by atoms with van der Waals surface area (Å²) in [7, 11) is 1.45. The van der Waals surface area contributed by atoms with Gasteiger partial charge in [-0.2, -0.15) is 13.2 Å². The largest absolute Gasteiger partial charge is 0.411 e. The molecule has 0 saturated heterocycles. The number of alkyl halides is 3. The molecule has 0 saturated carbocycles. The quantitative estimate of drug-likeness (QED) is 0.834. The van der Waals surface area contributed by atoms with Gasteiger partial charge < -0.3 is 10.1 Å². The van der Waals surface area contributed by atoms with Crippen LogP contribution in [0.25, 0.3) is 0 Å². The van der Waals surface area contributed by atoms with E-state index in [1.54, 1.807) is 0 Å². The smallest absolute Gasteiger partial charge is 0.371 e. The molecule has 0 radical (unpaired) electrons. The standard InChI is InChI=1S/C9H11F4N3O/c1-5-7(10)8(14-2)16-6(15-5)3-17-4-9(11,12)13/h3-4H2,1-2H3,(H,14,15,16). The van der Waals surface area contributed by atoms with Gasteiger partial charge in [-0.15, -0.1) is 0 Å². The van der Waals surface area contributed by atoms with Crippen LogP contribution < -0.4 is 5.32 Å². The van der Waals surface area contributed by atoms with Gasteiger partial charge in [0.15, 0.2) is 17.5 Å². The second kappa shape index (κ2) is 5.26. The lowest BCUT2D eigenvalue weighted by Gasteiger charge is -2.09. The molecule has 96 valence electrons. The van der Waals surface area contributed by atoms with Gasteiger partial charge in [0.2, 0.25) is 0 Å². The molecular weight excluding hydrogens is 242 g/mol. The van der Waals surface area contributed by atoms with E-state index in [1.165, 1.54) is 14.0 Å². The first-order valence-corrected chi connectivity index (χ1v) is 4.68. The predicted molar refractivity (Wildman–Crippen MR) is 52.0 cm³/mol. The van der Waals surface area contributed by atoms with Crippen LogP contribution >= 0.6 is 0 Å². The lowest BCUT2D eigenvalue weighted by atomic mass is 10.4. The number of hydrogen-bond acceptors (Lipinski definition) is 4. The Bertz CT molecular complexity index is 395. The fraction of sp³-hybridized carbons (Fsp3) is 0.556. The molecule has 1 heterocycles. The molecule has 1 rings (SSSR count). The molecule has 1 aromatic rings. The van der Waals surface area contributed by atoms with Crippen molar-refractivity contribution in [3.8, 4) is 0 Å². The number of anilines is 1. The predicted octanol–water partition coefficient (Wildman–Crippen LogP) is 2.04. The second-order valence-electron chi connectivity index (χ2n) is 3.25. The van der Waals surface area contributed by atoms with Crippen LogP contribution in [0.15, 0.2) is 0 Å². The molecule has 0 bridgehead atoms. The lowest BCUT2D eigenvalue weighted by Crippen LogP contribution is -2.17. The maximum atomic E-state index is 13.3. The first-order valence-electron chi connectivity index (χ1n) is 4.68. The molecule has 0 fully saturated rings. The number of ether oxygens (including phenoxy) is 1. The molecule has 17 heavy (non-hydrogen) atoms. The van der Waals surface area contributed by atoms with Gasteiger partial charge in [-0.3, -0.25) is 0 Å². The molecule has 0 spiro atoms. The number of nitrogens with zero attached hydrogens (tertiary/aromatic N) is 2. The van der Waals surface area contributed by atoms with E-state index in [2.05, 4.69) is 20.0 Å². The normalized spacial score (nSPS) is 11.6. The van der Waals surface area contributed by atoms with Gasteiger partial charge in [0, 0.05) is 7.05 Å². The Balaban J connectivity index is 2.69. The Kier molecular flexibility index (Phi) is 4.22. The Labute approximate surface area is 95.0 Å². The van der Waals surface area contributed by atoms with E-state index in [0.29, 0.717) is 0 Å². The fourth-order valence-electron chi connectivity index (χ4n) is 1.11. The maximum absolute atomic E-state index is 13.3. The first kappa shape index (κ1) is 13.6. The van der Waals surface area contributed by atoms with Crippen molar-refractivity contribution < 1.29 is 22.3 Å². The van der Waals surface area contributed by atoms with Crippen LogP contribution in [0.2, 0.25) is 0 Å². The highest BCUT2D eigenvalue weighted by Crippen LogP contribution is 2.16.